The van der Waals surface area contributed by atoms with Crippen molar-refractivity contribution in [1.82, 2.24) is 9.80 Å². The first-order valence-corrected chi connectivity index (χ1v) is 5.09. The third kappa shape index (κ3) is 2.99. The van der Waals surface area contributed by atoms with Crippen LogP contribution in [-0.2, 0) is 4.79 Å². The zero-order valence-corrected chi connectivity index (χ0v) is 8.92. The monoisotopic (exact) mass is 184 g/mol. The first-order chi connectivity index (χ1) is 6.11. The Hall–Kier alpha value is -0.570. The molecule has 0 bridgehead atoms. The van der Waals surface area contributed by atoms with Crippen LogP contribution in [0.4, 0.5) is 0 Å². The van der Waals surface area contributed by atoms with E-state index >= 15 is 0 Å². The molecule has 0 radical (unpaired) electrons. The molecule has 76 valence electrons. The van der Waals surface area contributed by atoms with E-state index in [1.165, 1.54) is 12.8 Å². The highest BCUT2D eigenvalue weighted by molar-refractivity contribution is 5.78. The minimum Gasteiger partial charge on any atom is -0.342 e. The molecule has 1 heterocycles. The summed E-state index contributed by atoms with van der Waals surface area (Å²) >= 11 is 0. The Morgan fingerprint density at radius 1 is 1.38 bits per heavy atom. The van der Waals surface area contributed by atoms with E-state index in [0.29, 0.717) is 12.6 Å². The SMILES string of the molecule is CC(C)N(C)CC(=O)N1CCCC1. The number of rotatable bonds is 3. The van der Waals surface area contributed by atoms with Crippen LogP contribution < -0.4 is 0 Å². The van der Waals surface area contributed by atoms with Crippen LogP contribution in [-0.4, -0.2) is 48.4 Å². The Balaban J connectivity index is 2.31. The molecule has 0 saturated carbocycles. The van der Waals surface area contributed by atoms with Gasteiger partial charge in [-0.2, -0.15) is 0 Å². The lowest BCUT2D eigenvalue weighted by Gasteiger charge is -2.23. The lowest BCUT2D eigenvalue weighted by Crippen LogP contribution is -2.39. The predicted octanol–water partition coefficient (Wildman–Crippen LogP) is 0.949. The lowest BCUT2D eigenvalue weighted by atomic mass is 10.3. The van der Waals surface area contributed by atoms with Crippen molar-refractivity contribution in [2.75, 3.05) is 26.7 Å². The summed E-state index contributed by atoms with van der Waals surface area (Å²) in [6.45, 7) is 6.71. The van der Waals surface area contributed by atoms with Crippen molar-refractivity contribution in [2.45, 2.75) is 32.7 Å². The second kappa shape index (κ2) is 4.61. The normalized spacial score (nSPS) is 17.5. The van der Waals surface area contributed by atoms with Gasteiger partial charge in [-0.3, -0.25) is 9.69 Å². The van der Waals surface area contributed by atoms with Crippen LogP contribution in [0.1, 0.15) is 26.7 Å². The summed E-state index contributed by atoms with van der Waals surface area (Å²) in [5, 5.41) is 0. The van der Waals surface area contributed by atoms with Crippen LogP contribution >= 0.6 is 0 Å². The van der Waals surface area contributed by atoms with Crippen molar-refractivity contribution < 1.29 is 4.79 Å². The minimum atomic E-state index is 0.286. The number of carbonyl (C=O) groups excluding carboxylic acids is 1. The number of hydrogen-bond acceptors (Lipinski definition) is 2. The first kappa shape index (κ1) is 10.5. The summed E-state index contributed by atoms with van der Waals surface area (Å²) in [6, 6.07) is 0.451. The van der Waals surface area contributed by atoms with Gasteiger partial charge in [-0.1, -0.05) is 0 Å². The van der Waals surface area contributed by atoms with Gasteiger partial charge in [0.15, 0.2) is 0 Å². The standard InChI is InChI=1S/C10H20N2O/c1-9(2)11(3)8-10(13)12-6-4-5-7-12/h9H,4-8H2,1-3H3. The van der Waals surface area contributed by atoms with Gasteiger partial charge >= 0.3 is 0 Å². The van der Waals surface area contributed by atoms with Crippen molar-refractivity contribution in [2.24, 2.45) is 0 Å². The summed E-state index contributed by atoms with van der Waals surface area (Å²) in [5.74, 6) is 0.286. The molecule has 1 aliphatic heterocycles. The van der Waals surface area contributed by atoms with Gasteiger partial charge in [0.1, 0.15) is 0 Å². The van der Waals surface area contributed by atoms with Gasteiger partial charge in [-0.15, -0.1) is 0 Å². The Labute approximate surface area is 80.7 Å². The van der Waals surface area contributed by atoms with Crippen molar-refractivity contribution in [1.29, 1.82) is 0 Å². The molecule has 1 rings (SSSR count). The molecule has 3 nitrogen and oxygen atoms in total. The van der Waals surface area contributed by atoms with Gasteiger partial charge in [0.05, 0.1) is 6.54 Å². The van der Waals surface area contributed by atoms with Gasteiger partial charge in [0, 0.05) is 19.1 Å². The highest BCUT2D eigenvalue weighted by atomic mass is 16.2. The van der Waals surface area contributed by atoms with Crippen LogP contribution in [0.15, 0.2) is 0 Å². The Morgan fingerprint density at radius 2 is 1.92 bits per heavy atom. The molecule has 1 fully saturated rings. The molecule has 1 saturated heterocycles. The van der Waals surface area contributed by atoms with Gasteiger partial charge in [0.2, 0.25) is 5.91 Å². The number of amides is 1. The second-order valence-electron chi connectivity index (χ2n) is 4.10. The minimum absolute atomic E-state index is 0.286. The zero-order chi connectivity index (χ0) is 9.84. The van der Waals surface area contributed by atoms with E-state index in [4.69, 9.17) is 0 Å². The average Bonchev–Trinajstić information content (AvgIpc) is 2.55. The third-order valence-electron chi connectivity index (χ3n) is 2.72. The maximum absolute atomic E-state index is 11.6. The maximum Gasteiger partial charge on any atom is 0.236 e. The predicted molar refractivity (Wildman–Crippen MR) is 53.6 cm³/mol. The Bertz CT molecular complexity index is 174. The van der Waals surface area contributed by atoms with Crippen LogP contribution in [0.5, 0.6) is 0 Å². The molecule has 0 N–H and O–H groups in total. The molecular weight excluding hydrogens is 164 g/mol. The maximum atomic E-state index is 11.6. The van der Waals surface area contributed by atoms with E-state index in [9.17, 15) is 4.79 Å². The van der Waals surface area contributed by atoms with E-state index in [1.54, 1.807) is 0 Å². The quantitative estimate of drug-likeness (QED) is 0.652. The number of hydrogen-bond donors (Lipinski definition) is 0. The van der Waals surface area contributed by atoms with Crippen molar-refractivity contribution in [3.63, 3.8) is 0 Å². The van der Waals surface area contributed by atoms with Crippen LogP contribution in [0.2, 0.25) is 0 Å². The molecule has 0 aromatic rings. The van der Waals surface area contributed by atoms with E-state index < -0.39 is 0 Å². The molecule has 1 aliphatic rings. The molecule has 0 unspecified atom stereocenters. The number of likely N-dealkylation sites (tertiary alicyclic amines) is 1. The fourth-order valence-corrected chi connectivity index (χ4v) is 1.46. The van der Waals surface area contributed by atoms with Crippen LogP contribution in [0, 0.1) is 0 Å². The molecule has 0 aromatic heterocycles. The smallest absolute Gasteiger partial charge is 0.236 e. The summed E-state index contributed by atoms with van der Waals surface area (Å²) in [4.78, 5) is 15.7. The molecule has 0 aliphatic carbocycles. The van der Waals surface area contributed by atoms with Crippen molar-refractivity contribution >= 4 is 5.91 Å². The molecule has 0 atom stereocenters. The summed E-state index contributed by atoms with van der Waals surface area (Å²) in [5.41, 5.74) is 0. The van der Waals surface area contributed by atoms with Gasteiger partial charge < -0.3 is 4.90 Å². The number of likely N-dealkylation sites (N-methyl/N-ethyl adjacent to an activating group) is 1. The van der Waals surface area contributed by atoms with E-state index in [1.807, 2.05) is 11.9 Å². The molecule has 0 spiro atoms. The van der Waals surface area contributed by atoms with Crippen molar-refractivity contribution in [3.05, 3.63) is 0 Å². The third-order valence-corrected chi connectivity index (χ3v) is 2.72. The largest absolute Gasteiger partial charge is 0.342 e. The summed E-state index contributed by atoms with van der Waals surface area (Å²) < 4.78 is 0. The van der Waals surface area contributed by atoms with Crippen LogP contribution in [0.25, 0.3) is 0 Å². The first-order valence-electron chi connectivity index (χ1n) is 5.09. The molecular formula is C10H20N2O. The summed E-state index contributed by atoms with van der Waals surface area (Å²) in [7, 11) is 2.00. The van der Waals surface area contributed by atoms with Gasteiger partial charge in [0.25, 0.3) is 0 Å². The fraction of sp³-hybridized carbons (Fsp3) is 0.900. The van der Waals surface area contributed by atoms with Gasteiger partial charge in [-0.25, -0.2) is 0 Å². The topological polar surface area (TPSA) is 23.6 Å². The van der Waals surface area contributed by atoms with E-state index in [-0.39, 0.29) is 5.91 Å². The van der Waals surface area contributed by atoms with E-state index in [0.717, 1.165) is 13.1 Å². The Morgan fingerprint density at radius 3 is 2.38 bits per heavy atom. The summed E-state index contributed by atoms with van der Waals surface area (Å²) in [6.07, 6.45) is 2.36. The lowest BCUT2D eigenvalue weighted by molar-refractivity contribution is -0.131. The molecule has 3 heteroatoms. The molecule has 0 aromatic carbocycles. The fourth-order valence-electron chi connectivity index (χ4n) is 1.46. The van der Waals surface area contributed by atoms with Gasteiger partial charge in [-0.05, 0) is 33.7 Å². The molecule has 13 heavy (non-hydrogen) atoms. The highest BCUT2D eigenvalue weighted by Crippen LogP contribution is 2.08. The zero-order valence-electron chi connectivity index (χ0n) is 8.92. The average molecular weight is 184 g/mol. The molecule has 1 amide bonds. The van der Waals surface area contributed by atoms with Crippen molar-refractivity contribution in [3.8, 4) is 0 Å². The highest BCUT2D eigenvalue weighted by Gasteiger charge is 2.19. The second-order valence-corrected chi connectivity index (χ2v) is 4.10. The number of nitrogens with zero attached hydrogens (tertiary/aromatic N) is 2. The van der Waals surface area contributed by atoms with E-state index in [2.05, 4.69) is 18.7 Å². The van der Waals surface area contributed by atoms with Crippen LogP contribution in [0.3, 0.4) is 0 Å². The number of carbonyl (C=O) groups is 1. The Kier molecular flexibility index (Phi) is 3.72.